The van der Waals surface area contributed by atoms with Crippen LogP contribution in [0.1, 0.15) is 22.3 Å². The maximum absolute atomic E-state index is 12.2. The number of amides is 2. The van der Waals surface area contributed by atoms with E-state index in [1.807, 2.05) is 36.5 Å². The summed E-state index contributed by atoms with van der Waals surface area (Å²) in [6, 6.07) is 18.1. The van der Waals surface area contributed by atoms with Gasteiger partial charge in [-0.05, 0) is 46.9 Å². The van der Waals surface area contributed by atoms with Crippen molar-refractivity contribution in [2.45, 2.75) is 26.1 Å². The number of fused-ring (bicyclic) bond motifs is 2. The number of nitrogens with one attached hydrogen (secondary N) is 2. The molecular weight excluding hydrogens is 404 g/mol. The molecule has 2 N–H and O–H groups in total. The van der Waals surface area contributed by atoms with Crippen molar-refractivity contribution in [2.75, 3.05) is 24.7 Å². The van der Waals surface area contributed by atoms with Crippen LogP contribution >= 0.6 is 0 Å². The number of rotatable bonds is 5. The number of carbonyl (C=O) groups excluding carboxylic acids is 1. The second kappa shape index (κ2) is 9.18. The van der Waals surface area contributed by atoms with Gasteiger partial charge in [0.15, 0.2) is 11.5 Å². The lowest BCUT2D eigenvalue weighted by Crippen LogP contribution is -2.34. The average Bonchev–Trinajstić information content (AvgIpc) is 2.86. The molecule has 0 bridgehead atoms. The van der Waals surface area contributed by atoms with Crippen molar-refractivity contribution in [3.8, 4) is 11.5 Å². The molecule has 5 rings (SSSR count). The maximum Gasteiger partial charge on any atom is 0.315 e. The first-order valence-corrected chi connectivity index (χ1v) is 10.9. The Morgan fingerprint density at radius 3 is 2.47 bits per heavy atom. The van der Waals surface area contributed by atoms with Crippen LogP contribution in [0.2, 0.25) is 0 Å². The summed E-state index contributed by atoms with van der Waals surface area (Å²) >= 11 is 0. The number of pyridine rings is 1. The molecule has 2 aromatic carbocycles. The van der Waals surface area contributed by atoms with Crippen molar-refractivity contribution in [2.24, 2.45) is 0 Å². The molecule has 1 aromatic heterocycles. The minimum atomic E-state index is -0.225. The van der Waals surface area contributed by atoms with Crippen LogP contribution in [-0.4, -0.2) is 30.8 Å². The summed E-state index contributed by atoms with van der Waals surface area (Å²) in [4.78, 5) is 19.1. The number of nitrogens with zero attached hydrogens (tertiary/aromatic N) is 2. The third kappa shape index (κ3) is 4.61. The van der Waals surface area contributed by atoms with E-state index < -0.39 is 0 Å². The third-order valence-electron chi connectivity index (χ3n) is 5.78. The van der Waals surface area contributed by atoms with Crippen molar-refractivity contribution >= 4 is 11.8 Å². The number of carbonyl (C=O) groups is 1. The Morgan fingerprint density at radius 2 is 1.66 bits per heavy atom. The molecule has 0 saturated carbocycles. The molecule has 3 heterocycles. The fourth-order valence-corrected chi connectivity index (χ4v) is 4.02. The van der Waals surface area contributed by atoms with Crippen molar-refractivity contribution in [1.29, 1.82) is 0 Å². The Labute approximate surface area is 187 Å². The summed E-state index contributed by atoms with van der Waals surface area (Å²) in [6.45, 7) is 3.78. The van der Waals surface area contributed by atoms with E-state index in [1.54, 1.807) is 0 Å². The molecule has 0 unspecified atom stereocenters. The van der Waals surface area contributed by atoms with E-state index in [9.17, 15) is 4.79 Å². The Balaban J connectivity index is 1.10. The number of aromatic nitrogens is 1. The van der Waals surface area contributed by atoms with E-state index in [2.05, 4.69) is 44.8 Å². The van der Waals surface area contributed by atoms with Gasteiger partial charge in [0.2, 0.25) is 0 Å². The first-order valence-electron chi connectivity index (χ1n) is 10.9. The Morgan fingerprint density at radius 1 is 0.906 bits per heavy atom. The molecule has 0 radical (unpaired) electrons. The fraction of sp³-hybridized carbons (Fsp3) is 0.280. The molecule has 7 heteroatoms. The van der Waals surface area contributed by atoms with E-state index in [4.69, 9.17) is 9.47 Å². The third-order valence-corrected chi connectivity index (χ3v) is 5.78. The van der Waals surface area contributed by atoms with Crippen LogP contribution in [-0.2, 0) is 26.1 Å². The number of urea groups is 1. The molecule has 0 saturated heterocycles. The monoisotopic (exact) mass is 430 g/mol. The Bertz CT molecular complexity index is 1100. The molecule has 0 aliphatic carbocycles. The van der Waals surface area contributed by atoms with Crippen molar-refractivity contribution in [3.05, 3.63) is 83.0 Å². The van der Waals surface area contributed by atoms with Gasteiger partial charge < -0.3 is 25.0 Å². The van der Waals surface area contributed by atoms with E-state index in [-0.39, 0.29) is 6.03 Å². The lowest BCUT2D eigenvalue weighted by atomic mass is 10.00. The maximum atomic E-state index is 12.2. The molecule has 7 nitrogen and oxygen atoms in total. The highest BCUT2D eigenvalue weighted by molar-refractivity contribution is 5.73. The van der Waals surface area contributed by atoms with Crippen molar-refractivity contribution in [1.82, 2.24) is 15.6 Å². The number of ether oxygens (including phenoxy) is 2. The summed E-state index contributed by atoms with van der Waals surface area (Å²) in [5.41, 5.74) is 4.70. The first-order chi connectivity index (χ1) is 15.7. The Hall–Kier alpha value is -3.74. The number of anilines is 1. The number of hydrogen-bond donors (Lipinski definition) is 2. The molecule has 0 fully saturated rings. The van der Waals surface area contributed by atoms with Crippen LogP contribution in [0.4, 0.5) is 10.6 Å². The molecule has 2 aliphatic heterocycles. The normalized spacial score (nSPS) is 14.4. The fourth-order valence-electron chi connectivity index (χ4n) is 4.02. The van der Waals surface area contributed by atoms with Crippen LogP contribution in [0.3, 0.4) is 0 Å². The predicted octanol–water partition coefficient (Wildman–Crippen LogP) is 3.41. The topological polar surface area (TPSA) is 75.7 Å². The molecule has 32 heavy (non-hydrogen) atoms. The van der Waals surface area contributed by atoms with E-state index in [0.29, 0.717) is 26.3 Å². The van der Waals surface area contributed by atoms with Gasteiger partial charge in [-0.3, -0.25) is 0 Å². The van der Waals surface area contributed by atoms with Gasteiger partial charge in [-0.1, -0.05) is 36.4 Å². The summed E-state index contributed by atoms with van der Waals surface area (Å²) < 4.78 is 11.1. The second-order valence-corrected chi connectivity index (χ2v) is 7.98. The van der Waals surface area contributed by atoms with Crippen LogP contribution in [0, 0.1) is 0 Å². The van der Waals surface area contributed by atoms with Gasteiger partial charge in [0.05, 0.1) is 0 Å². The molecule has 2 amide bonds. The van der Waals surface area contributed by atoms with E-state index in [1.165, 1.54) is 11.1 Å². The molecule has 164 valence electrons. The standard InChI is InChI=1S/C25H26N4O3/c30-25(27-14-18-5-7-22-23(13-18)32-12-11-31-22)28-16-19-6-8-24(26-15-19)29-10-9-20-3-1-2-4-21(20)17-29/h1-8,13,15H,9-12,14,16-17H2,(H2,27,28,30). The molecular formula is C25H26N4O3. The molecule has 0 atom stereocenters. The van der Waals surface area contributed by atoms with Crippen molar-refractivity contribution < 1.29 is 14.3 Å². The van der Waals surface area contributed by atoms with Crippen molar-refractivity contribution in [3.63, 3.8) is 0 Å². The highest BCUT2D eigenvalue weighted by Crippen LogP contribution is 2.30. The second-order valence-electron chi connectivity index (χ2n) is 7.98. The van der Waals surface area contributed by atoms with Crippen LogP contribution in [0.25, 0.3) is 0 Å². The minimum absolute atomic E-state index is 0.225. The van der Waals surface area contributed by atoms with Gasteiger partial charge in [0.1, 0.15) is 19.0 Å². The summed E-state index contributed by atoms with van der Waals surface area (Å²) in [6.07, 6.45) is 2.86. The van der Waals surface area contributed by atoms with Crippen LogP contribution in [0.15, 0.2) is 60.8 Å². The minimum Gasteiger partial charge on any atom is -0.486 e. The highest BCUT2D eigenvalue weighted by Gasteiger charge is 2.17. The first kappa shape index (κ1) is 20.2. The summed E-state index contributed by atoms with van der Waals surface area (Å²) in [5, 5.41) is 5.76. The van der Waals surface area contributed by atoms with E-state index >= 15 is 0 Å². The van der Waals surface area contributed by atoms with Gasteiger partial charge in [-0.15, -0.1) is 0 Å². The number of hydrogen-bond acceptors (Lipinski definition) is 5. The smallest absolute Gasteiger partial charge is 0.315 e. The molecule has 3 aromatic rings. The van der Waals surface area contributed by atoms with E-state index in [0.717, 1.165) is 48.0 Å². The van der Waals surface area contributed by atoms with Gasteiger partial charge in [-0.2, -0.15) is 0 Å². The summed E-state index contributed by atoms with van der Waals surface area (Å²) in [7, 11) is 0. The largest absolute Gasteiger partial charge is 0.486 e. The van der Waals surface area contributed by atoms with Gasteiger partial charge in [-0.25, -0.2) is 9.78 Å². The van der Waals surface area contributed by atoms with Gasteiger partial charge in [0, 0.05) is 32.4 Å². The molecule has 2 aliphatic rings. The van der Waals surface area contributed by atoms with Crippen LogP contribution < -0.4 is 25.0 Å². The predicted molar refractivity (Wildman–Crippen MR) is 122 cm³/mol. The Kier molecular flexibility index (Phi) is 5.79. The lowest BCUT2D eigenvalue weighted by Gasteiger charge is -2.29. The zero-order valence-corrected chi connectivity index (χ0v) is 17.8. The average molecular weight is 431 g/mol. The SMILES string of the molecule is O=C(NCc1ccc(N2CCc3ccccc3C2)nc1)NCc1ccc2c(c1)OCCO2. The zero-order valence-electron chi connectivity index (χ0n) is 17.8. The highest BCUT2D eigenvalue weighted by atomic mass is 16.6. The summed E-state index contributed by atoms with van der Waals surface area (Å²) in [5.74, 6) is 2.43. The molecule has 0 spiro atoms. The quantitative estimate of drug-likeness (QED) is 0.649. The lowest BCUT2D eigenvalue weighted by molar-refractivity contribution is 0.171. The van der Waals surface area contributed by atoms with Gasteiger partial charge in [0.25, 0.3) is 0 Å². The van der Waals surface area contributed by atoms with Crippen LogP contribution in [0.5, 0.6) is 11.5 Å². The number of benzene rings is 2. The zero-order chi connectivity index (χ0) is 21.8. The van der Waals surface area contributed by atoms with Gasteiger partial charge >= 0.3 is 6.03 Å².